The Hall–Kier alpha value is -4.04. The number of likely N-dealkylation sites (tertiary alicyclic amines) is 1. The third-order valence-corrected chi connectivity index (χ3v) is 6.95. The Morgan fingerprint density at radius 2 is 1.54 bits per heavy atom. The maximum absolute atomic E-state index is 13.2. The maximum Gasteiger partial charge on any atom is 0.335 e. The fourth-order valence-corrected chi connectivity index (χ4v) is 4.54. The molecule has 0 atom stereocenters. The van der Waals surface area contributed by atoms with Gasteiger partial charge in [0.2, 0.25) is 0 Å². The van der Waals surface area contributed by atoms with Gasteiger partial charge >= 0.3 is 11.9 Å². The molecule has 2 N–H and O–H groups in total. The number of carbonyl (C=O) groups excluding carboxylic acids is 1. The van der Waals surface area contributed by atoms with Crippen LogP contribution >= 0.6 is 11.6 Å². The van der Waals surface area contributed by atoms with Gasteiger partial charge in [-0.05, 0) is 79.3 Å². The van der Waals surface area contributed by atoms with E-state index in [9.17, 15) is 24.6 Å². The summed E-state index contributed by atoms with van der Waals surface area (Å²) in [6.07, 6.45) is 2.15. The highest BCUT2D eigenvalue weighted by Gasteiger charge is 2.29. The van der Waals surface area contributed by atoms with E-state index in [0.29, 0.717) is 56.3 Å². The van der Waals surface area contributed by atoms with Crippen molar-refractivity contribution < 1.29 is 34.1 Å². The van der Waals surface area contributed by atoms with Crippen LogP contribution in [0.15, 0.2) is 66.7 Å². The van der Waals surface area contributed by atoms with Crippen LogP contribution < -0.4 is 9.47 Å². The molecule has 8 nitrogen and oxygen atoms in total. The first-order valence-electron chi connectivity index (χ1n) is 12.8. The van der Waals surface area contributed by atoms with Crippen LogP contribution in [0.4, 0.5) is 0 Å². The van der Waals surface area contributed by atoms with Gasteiger partial charge in [0.15, 0.2) is 0 Å². The number of aliphatic carboxylic acids is 1. The van der Waals surface area contributed by atoms with Crippen LogP contribution in [0.3, 0.4) is 0 Å². The SMILES string of the molecule is O=C(O)c1ccc(OCCCc2ccc(OCc3ccc(Cl)cc3)cc2)c(C(=O)N2CCC(C(=O)O)CC2)c1. The zero-order chi connectivity index (χ0) is 27.8. The van der Waals surface area contributed by atoms with Crippen molar-refractivity contribution in [3.8, 4) is 11.5 Å². The number of ether oxygens (including phenoxy) is 2. The van der Waals surface area contributed by atoms with E-state index in [2.05, 4.69) is 0 Å². The first-order chi connectivity index (χ1) is 18.8. The molecular formula is C30H30ClNO7. The topological polar surface area (TPSA) is 113 Å². The molecule has 0 aliphatic carbocycles. The summed E-state index contributed by atoms with van der Waals surface area (Å²) < 4.78 is 11.7. The van der Waals surface area contributed by atoms with Gasteiger partial charge in [0.05, 0.1) is 23.7 Å². The molecule has 1 saturated heterocycles. The second kappa shape index (κ2) is 13.2. The number of aromatic carboxylic acids is 1. The van der Waals surface area contributed by atoms with Gasteiger partial charge < -0.3 is 24.6 Å². The number of nitrogens with zero attached hydrogens (tertiary/aromatic N) is 1. The third kappa shape index (κ3) is 7.74. The molecule has 39 heavy (non-hydrogen) atoms. The summed E-state index contributed by atoms with van der Waals surface area (Å²) in [5, 5.41) is 19.3. The molecule has 1 fully saturated rings. The Bertz CT molecular complexity index is 1300. The largest absolute Gasteiger partial charge is 0.493 e. The average Bonchev–Trinajstić information content (AvgIpc) is 2.95. The quantitative estimate of drug-likeness (QED) is 0.300. The predicted octanol–water partition coefficient (Wildman–Crippen LogP) is 5.57. The van der Waals surface area contributed by atoms with Gasteiger partial charge in [-0.1, -0.05) is 35.9 Å². The number of hydrogen-bond acceptors (Lipinski definition) is 5. The number of hydrogen-bond donors (Lipinski definition) is 2. The molecule has 4 rings (SSSR count). The lowest BCUT2D eigenvalue weighted by Crippen LogP contribution is -2.40. The van der Waals surface area contributed by atoms with Gasteiger partial charge in [-0.15, -0.1) is 0 Å². The Morgan fingerprint density at radius 3 is 2.18 bits per heavy atom. The van der Waals surface area contributed by atoms with Gasteiger partial charge in [0, 0.05) is 18.1 Å². The van der Waals surface area contributed by atoms with Crippen molar-refractivity contribution >= 4 is 29.4 Å². The van der Waals surface area contributed by atoms with E-state index in [-0.39, 0.29) is 17.0 Å². The monoisotopic (exact) mass is 551 g/mol. The highest BCUT2D eigenvalue weighted by atomic mass is 35.5. The first kappa shape index (κ1) is 28.0. The number of carbonyl (C=O) groups is 3. The van der Waals surface area contributed by atoms with Gasteiger partial charge in [0.25, 0.3) is 5.91 Å². The van der Waals surface area contributed by atoms with Gasteiger partial charge in [-0.3, -0.25) is 9.59 Å². The van der Waals surface area contributed by atoms with Crippen LogP contribution in [-0.4, -0.2) is 52.7 Å². The lowest BCUT2D eigenvalue weighted by molar-refractivity contribution is -0.143. The van der Waals surface area contributed by atoms with E-state index < -0.39 is 17.9 Å². The molecule has 1 heterocycles. The molecule has 0 bridgehead atoms. The van der Waals surface area contributed by atoms with Crippen LogP contribution in [0.1, 0.15) is 51.1 Å². The second-order valence-electron chi connectivity index (χ2n) is 9.43. The lowest BCUT2D eigenvalue weighted by atomic mass is 9.96. The van der Waals surface area contributed by atoms with Crippen molar-refractivity contribution in [1.29, 1.82) is 0 Å². The van der Waals surface area contributed by atoms with Crippen LogP contribution in [0.5, 0.6) is 11.5 Å². The summed E-state index contributed by atoms with van der Waals surface area (Å²) in [6.45, 7) is 1.38. The van der Waals surface area contributed by atoms with Crippen LogP contribution in [0, 0.1) is 5.92 Å². The summed E-state index contributed by atoms with van der Waals surface area (Å²) >= 11 is 5.91. The molecular weight excluding hydrogens is 522 g/mol. The minimum absolute atomic E-state index is 0.00973. The van der Waals surface area contributed by atoms with E-state index >= 15 is 0 Å². The molecule has 204 valence electrons. The van der Waals surface area contributed by atoms with E-state index in [4.69, 9.17) is 21.1 Å². The number of carboxylic acids is 2. The molecule has 1 amide bonds. The van der Waals surface area contributed by atoms with Crippen LogP contribution in [-0.2, 0) is 17.8 Å². The van der Waals surface area contributed by atoms with E-state index in [1.165, 1.54) is 18.2 Å². The zero-order valence-corrected chi connectivity index (χ0v) is 22.1. The molecule has 0 radical (unpaired) electrons. The van der Waals surface area contributed by atoms with Gasteiger partial charge in [-0.2, -0.15) is 0 Å². The number of benzene rings is 3. The second-order valence-corrected chi connectivity index (χ2v) is 9.87. The highest BCUT2D eigenvalue weighted by molar-refractivity contribution is 6.30. The summed E-state index contributed by atoms with van der Waals surface area (Å²) in [5.74, 6) is -1.75. The molecule has 0 spiro atoms. The number of aryl methyl sites for hydroxylation is 1. The average molecular weight is 552 g/mol. The van der Waals surface area contributed by atoms with Crippen LogP contribution in [0.25, 0.3) is 0 Å². The summed E-state index contributed by atoms with van der Waals surface area (Å²) in [6, 6.07) is 19.6. The van der Waals surface area contributed by atoms with Crippen molar-refractivity contribution in [1.82, 2.24) is 4.90 Å². The van der Waals surface area contributed by atoms with Gasteiger partial charge in [0.1, 0.15) is 18.1 Å². The summed E-state index contributed by atoms with van der Waals surface area (Å²) in [5.41, 5.74) is 2.30. The molecule has 1 aliphatic heterocycles. The Labute approximate surface area is 231 Å². The number of carboxylic acid groups (broad SMARTS) is 2. The summed E-state index contributed by atoms with van der Waals surface area (Å²) in [7, 11) is 0. The molecule has 0 aromatic heterocycles. The standard InChI is InChI=1S/C30H30ClNO7/c31-24-8-3-21(4-9-24)19-39-25-10-5-20(6-11-25)2-1-17-38-27-12-7-23(30(36)37)18-26(27)28(33)32-15-13-22(14-16-32)29(34)35/h3-12,18,22H,1-2,13-17,19H2,(H,34,35)(H,36,37). The van der Waals surface area contributed by atoms with Gasteiger partial charge in [-0.25, -0.2) is 4.79 Å². The van der Waals surface area contributed by atoms with E-state index in [1.807, 2.05) is 48.5 Å². The van der Waals surface area contributed by atoms with Crippen molar-refractivity contribution in [2.24, 2.45) is 5.92 Å². The predicted molar refractivity (Wildman–Crippen MR) is 146 cm³/mol. The first-order valence-corrected chi connectivity index (χ1v) is 13.2. The smallest absolute Gasteiger partial charge is 0.335 e. The Morgan fingerprint density at radius 1 is 0.872 bits per heavy atom. The van der Waals surface area contributed by atoms with E-state index in [1.54, 1.807) is 4.90 Å². The van der Waals surface area contributed by atoms with Crippen molar-refractivity contribution in [2.75, 3.05) is 19.7 Å². The van der Waals surface area contributed by atoms with Crippen molar-refractivity contribution in [3.63, 3.8) is 0 Å². The van der Waals surface area contributed by atoms with E-state index in [0.717, 1.165) is 23.3 Å². The minimum Gasteiger partial charge on any atom is -0.493 e. The van der Waals surface area contributed by atoms with Crippen LogP contribution in [0.2, 0.25) is 5.02 Å². The highest BCUT2D eigenvalue weighted by Crippen LogP contribution is 2.26. The lowest BCUT2D eigenvalue weighted by Gasteiger charge is -2.30. The summed E-state index contributed by atoms with van der Waals surface area (Å²) in [4.78, 5) is 37.5. The molecule has 0 unspecified atom stereocenters. The molecule has 0 saturated carbocycles. The fourth-order valence-electron chi connectivity index (χ4n) is 4.41. The molecule has 3 aromatic rings. The number of halogens is 1. The number of piperidine rings is 1. The third-order valence-electron chi connectivity index (χ3n) is 6.70. The number of amides is 1. The maximum atomic E-state index is 13.2. The normalized spacial score (nSPS) is 13.6. The Kier molecular flexibility index (Phi) is 9.44. The van der Waals surface area contributed by atoms with Crippen molar-refractivity contribution in [2.45, 2.75) is 32.3 Å². The molecule has 1 aliphatic rings. The minimum atomic E-state index is -1.14. The van der Waals surface area contributed by atoms with Crippen molar-refractivity contribution in [3.05, 3.63) is 94.0 Å². The zero-order valence-electron chi connectivity index (χ0n) is 21.3. The molecule has 9 heteroatoms. The number of rotatable bonds is 11. The Balaban J connectivity index is 1.30. The molecule has 3 aromatic carbocycles. The fraction of sp³-hybridized carbons (Fsp3) is 0.300.